The van der Waals surface area contributed by atoms with Crippen LogP contribution in [0.4, 0.5) is 9.18 Å². The highest BCUT2D eigenvalue weighted by Gasteiger charge is 2.22. The van der Waals surface area contributed by atoms with Crippen molar-refractivity contribution in [1.82, 2.24) is 25.1 Å². The van der Waals surface area contributed by atoms with Crippen molar-refractivity contribution in [1.29, 1.82) is 0 Å². The first-order valence-electron chi connectivity index (χ1n) is 8.90. The molecule has 136 valence electrons. The van der Waals surface area contributed by atoms with E-state index in [2.05, 4.69) is 27.1 Å². The molecule has 6 nitrogen and oxygen atoms in total. The molecule has 0 bridgehead atoms. The maximum Gasteiger partial charge on any atom is 0.317 e. The van der Waals surface area contributed by atoms with Crippen LogP contribution in [0.15, 0.2) is 18.2 Å². The SMILES string of the molecule is CCCN1CC[C@@H](CNC(=O)N(C)Cc2nc3ccc(F)cc3[nH]2)C1. The Labute approximate surface area is 147 Å². The summed E-state index contributed by atoms with van der Waals surface area (Å²) in [5, 5.41) is 3.01. The van der Waals surface area contributed by atoms with Gasteiger partial charge in [-0.15, -0.1) is 0 Å². The van der Waals surface area contributed by atoms with E-state index in [9.17, 15) is 9.18 Å². The van der Waals surface area contributed by atoms with Gasteiger partial charge < -0.3 is 20.1 Å². The molecule has 0 spiro atoms. The van der Waals surface area contributed by atoms with Crippen molar-refractivity contribution in [3.05, 3.63) is 29.8 Å². The molecule has 0 radical (unpaired) electrons. The molecule has 2 heterocycles. The van der Waals surface area contributed by atoms with Gasteiger partial charge in [0.25, 0.3) is 0 Å². The summed E-state index contributed by atoms with van der Waals surface area (Å²) in [5.74, 6) is 0.869. The number of imidazole rings is 1. The standard InChI is InChI=1S/C18H26FN5O/c1-3-7-24-8-6-13(11-24)10-20-18(25)23(2)12-17-21-15-5-4-14(19)9-16(15)22-17/h4-5,9,13H,3,6-8,10-12H2,1-2H3,(H,20,25)(H,21,22)/t13-/m0/s1. The molecule has 1 aromatic carbocycles. The molecule has 1 atom stereocenters. The number of hydrogen-bond donors (Lipinski definition) is 2. The van der Waals surface area contributed by atoms with E-state index in [1.165, 1.54) is 18.6 Å². The zero-order valence-electron chi connectivity index (χ0n) is 14.9. The van der Waals surface area contributed by atoms with E-state index < -0.39 is 0 Å². The highest BCUT2D eigenvalue weighted by Crippen LogP contribution is 2.16. The Morgan fingerprint density at radius 1 is 1.52 bits per heavy atom. The summed E-state index contributed by atoms with van der Waals surface area (Å²) in [5.41, 5.74) is 1.35. The summed E-state index contributed by atoms with van der Waals surface area (Å²) >= 11 is 0. The van der Waals surface area contributed by atoms with E-state index >= 15 is 0 Å². The van der Waals surface area contributed by atoms with Crippen molar-refractivity contribution in [2.45, 2.75) is 26.3 Å². The number of carbonyl (C=O) groups is 1. The van der Waals surface area contributed by atoms with Gasteiger partial charge in [-0.05, 0) is 50.0 Å². The van der Waals surface area contributed by atoms with Crippen LogP contribution in [0.2, 0.25) is 0 Å². The Balaban J connectivity index is 1.48. The lowest BCUT2D eigenvalue weighted by Crippen LogP contribution is -2.39. The molecule has 2 aromatic rings. The summed E-state index contributed by atoms with van der Waals surface area (Å²) in [6.07, 6.45) is 2.31. The number of aromatic nitrogens is 2. The van der Waals surface area contributed by atoms with Crippen LogP contribution < -0.4 is 5.32 Å². The second kappa shape index (κ2) is 7.82. The number of likely N-dealkylation sites (tertiary alicyclic amines) is 1. The minimum Gasteiger partial charge on any atom is -0.340 e. The minimum atomic E-state index is -0.303. The largest absolute Gasteiger partial charge is 0.340 e. The maximum atomic E-state index is 13.2. The summed E-state index contributed by atoms with van der Waals surface area (Å²) < 4.78 is 13.2. The van der Waals surface area contributed by atoms with Crippen molar-refractivity contribution < 1.29 is 9.18 Å². The van der Waals surface area contributed by atoms with Gasteiger partial charge >= 0.3 is 6.03 Å². The van der Waals surface area contributed by atoms with Crippen LogP contribution in [0.3, 0.4) is 0 Å². The number of carbonyl (C=O) groups excluding carboxylic acids is 1. The van der Waals surface area contributed by atoms with Gasteiger partial charge in [0, 0.05) is 20.1 Å². The first kappa shape index (κ1) is 17.7. The third kappa shape index (κ3) is 4.48. The Morgan fingerprint density at radius 2 is 2.36 bits per heavy atom. The molecule has 1 aromatic heterocycles. The van der Waals surface area contributed by atoms with Crippen LogP contribution in [-0.2, 0) is 6.54 Å². The Morgan fingerprint density at radius 3 is 3.16 bits per heavy atom. The van der Waals surface area contributed by atoms with E-state index in [-0.39, 0.29) is 11.8 Å². The van der Waals surface area contributed by atoms with Crippen LogP contribution in [0, 0.1) is 11.7 Å². The Kier molecular flexibility index (Phi) is 5.53. The third-order valence-corrected chi connectivity index (χ3v) is 4.68. The number of H-pyrrole nitrogens is 1. The normalized spacial score (nSPS) is 18.0. The summed E-state index contributed by atoms with van der Waals surface area (Å²) in [7, 11) is 1.74. The predicted molar refractivity (Wildman–Crippen MR) is 95.8 cm³/mol. The molecule has 1 saturated heterocycles. The third-order valence-electron chi connectivity index (χ3n) is 4.68. The molecular formula is C18H26FN5O. The molecule has 0 saturated carbocycles. The van der Waals surface area contributed by atoms with Crippen molar-refractivity contribution in [3.8, 4) is 0 Å². The fourth-order valence-electron chi connectivity index (χ4n) is 3.37. The van der Waals surface area contributed by atoms with Crippen molar-refractivity contribution in [2.75, 3.05) is 33.2 Å². The van der Waals surface area contributed by atoms with Gasteiger partial charge in [0.2, 0.25) is 0 Å². The summed E-state index contributed by atoms with van der Waals surface area (Å²) in [6.45, 7) is 6.57. The molecule has 1 fully saturated rings. The van der Waals surface area contributed by atoms with Crippen LogP contribution in [0.5, 0.6) is 0 Å². The zero-order chi connectivity index (χ0) is 17.8. The maximum absolute atomic E-state index is 13.2. The van der Waals surface area contributed by atoms with E-state index in [4.69, 9.17) is 0 Å². The van der Waals surface area contributed by atoms with Gasteiger partial charge in [-0.25, -0.2) is 14.2 Å². The lowest BCUT2D eigenvalue weighted by atomic mass is 10.1. The number of urea groups is 1. The monoisotopic (exact) mass is 347 g/mol. The van der Waals surface area contributed by atoms with E-state index in [0.717, 1.165) is 26.1 Å². The van der Waals surface area contributed by atoms with E-state index in [1.54, 1.807) is 18.0 Å². The number of aromatic amines is 1. The van der Waals surface area contributed by atoms with Crippen LogP contribution in [-0.4, -0.2) is 59.0 Å². The fourth-order valence-corrected chi connectivity index (χ4v) is 3.37. The van der Waals surface area contributed by atoms with Crippen LogP contribution >= 0.6 is 0 Å². The number of rotatable bonds is 6. The number of benzene rings is 1. The smallest absolute Gasteiger partial charge is 0.317 e. The first-order valence-corrected chi connectivity index (χ1v) is 8.90. The van der Waals surface area contributed by atoms with E-state index in [1.807, 2.05) is 0 Å². The Bertz CT molecular complexity index is 731. The number of nitrogens with zero attached hydrogens (tertiary/aromatic N) is 3. The summed E-state index contributed by atoms with van der Waals surface area (Å²) in [6, 6.07) is 4.31. The highest BCUT2D eigenvalue weighted by atomic mass is 19.1. The highest BCUT2D eigenvalue weighted by molar-refractivity contribution is 5.76. The van der Waals surface area contributed by atoms with E-state index in [0.29, 0.717) is 35.9 Å². The molecule has 2 amide bonds. The zero-order valence-corrected chi connectivity index (χ0v) is 14.9. The molecule has 2 N–H and O–H groups in total. The van der Waals surface area contributed by atoms with Gasteiger partial charge in [-0.1, -0.05) is 6.92 Å². The first-order chi connectivity index (χ1) is 12.0. The minimum absolute atomic E-state index is 0.111. The van der Waals surface area contributed by atoms with Gasteiger partial charge in [0.05, 0.1) is 17.6 Å². The van der Waals surface area contributed by atoms with Crippen molar-refractivity contribution in [2.24, 2.45) is 5.92 Å². The van der Waals surface area contributed by atoms with Gasteiger partial charge in [0.1, 0.15) is 11.6 Å². The average Bonchev–Trinajstić information content (AvgIpc) is 3.18. The number of hydrogen-bond acceptors (Lipinski definition) is 3. The second-order valence-corrected chi connectivity index (χ2v) is 6.84. The topological polar surface area (TPSA) is 64.3 Å². The quantitative estimate of drug-likeness (QED) is 0.844. The van der Waals surface area contributed by atoms with Gasteiger partial charge in [-0.2, -0.15) is 0 Å². The molecule has 7 heteroatoms. The molecule has 25 heavy (non-hydrogen) atoms. The second-order valence-electron chi connectivity index (χ2n) is 6.84. The van der Waals surface area contributed by atoms with Crippen molar-refractivity contribution in [3.63, 3.8) is 0 Å². The predicted octanol–water partition coefficient (Wildman–Crippen LogP) is 2.58. The molecule has 0 unspecified atom stereocenters. The lowest BCUT2D eigenvalue weighted by molar-refractivity contribution is 0.203. The van der Waals surface area contributed by atoms with Gasteiger partial charge in [-0.3, -0.25) is 0 Å². The fraction of sp³-hybridized carbons (Fsp3) is 0.556. The molecule has 1 aliphatic rings. The number of amides is 2. The Hall–Kier alpha value is -2.15. The summed E-state index contributed by atoms with van der Waals surface area (Å²) in [4.78, 5) is 23.8. The van der Waals surface area contributed by atoms with Crippen LogP contribution in [0.25, 0.3) is 11.0 Å². The number of halogens is 1. The van der Waals surface area contributed by atoms with Crippen molar-refractivity contribution >= 4 is 17.1 Å². The molecule has 3 rings (SSSR count). The van der Waals surface area contributed by atoms with Crippen LogP contribution in [0.1, 0.15) is 25.6 Å². The number of nitrogens with one attached hydrogen (secondary N) is 2. The molecule has 1 aliphatic heterocycles. The lowest BCUT2D eigenvalue weighted by Gasteiger charge is -2.19. The van der Waals surface area contributed by atoms with Gasteiger partial charge in [0.15, 0.2) is 0 Å². The average molecular weight is 347 g/mol. The number of fused-ring (bicyclic) bond motifs is 1. The molecule has 0 aliphatic carbocycles. The molecular weight excluding hydrogens is 321 g/mol.